The summed E-state index contributed by atoms with van der Waals surface area (Å²) in [6.45, 7) is 4.17. The highest BCUT2D eigenvalue weighted by molar-refractivity contribution is 7.85. The molecular weight excluding hydrogens is 206 g/mol. The van der Waals surface area contributed by atoms with Gasteiger partial charge in [-0.3, -0.25) is 4.90 Å². The molecule has 0 N–H and O–H groups in total. The molecule has 0 aliphatic carbocycles. The van der Waals surface area contributed by atoms with E-state index >= 15 is 0 Å². The van der Waals surface area contributed by atoms with Crippen LogP contribution in [-0.2, 0) is 14.9 Å². The fraction of sp³-hybridized carbons (Fsp3) is 1.00. The number of nitrogens with zero attached hydrogens (tertiary/aromatic N) is 1. The lowest BCUT2D eigenvalue weighted by Crippen LogP contribution is -2.36. The summed E-state index contributed by atoms with van der Waals surface area (Å²) in [5.41, 5.74) is 0. The third kappa shape index (κ3) is 5.54. The molecule has 1 fully saturated rings. The maximum atomic E-state index is 10.3. The van der Waals surface area contributed by atoms with Crippen LogP contribution in [0.2, 0.25) is 0 Å². The Hall–Kier alpha value is -0.170. The molecule has 1 rings (SSSR count). The van der Waals surface area contributed by atoms with Crippen molar-refractivity contribution in [2.45, 2.75) is 12.8 Å². The average molecular weight is 222 g/mol. The van der Waals surface area contributed by atoms with Gasteiger partial charge in [-0.25, -0.2) is 8.42 Å². The topological polar surface area (TPSA) is 69.7 Å². The van der Waals surface area contributed by atoms with Crippen molar-refractivity contribution < 1.29 is 17.7 Å². The summed E-state index contributed by atoms with van der Waals surface area (Å²) in [7, 11) is -4.02. The lowest BCUT2D eigenvalue weighted by molar-refractivity contribution is 0.0373. The zero-order valence-electron chi connectivity index (χ0n) is 8.15. The van der Waals surface area contributed by atoms with E-state index < -0.39 is 10.1 Å². The SMILES string of the molecule is O=S(=O)([O-])CCCCN1CCOCC1. The van der Waals surface area contributed by atoms with Crippen LogP contribution in [0.5, 0.6) is 0 Å². The lowest BCUT2D eigenvalue weighted by atomic mass is 10.3. The maximum absolute atomic E-state index is 10.3. The van der Waals surface area contributed by atoms with Crippen LogP contribution in [0, 0.1) is 0 Å². The second-order valence-electron chi connectivity index (χ2n) is 3.42. The molecule has 1 aliphatic rings. The van der Waals surface area contributed by atoms with E-state index in [2.05, 4.69) is 4.90 Å². The Bertz CT molecular complexity index is 246. The first kappa shape index (κ1) is 11.9. The first-order chi connectivity index (χ1) is 6.58. The molecule has 5 nitrogen and oxygen atoms in total. The van der Waals surface area contributed by atoms with Gasteiger partial charge >= 0.3 is 0 Å². The fourth-order valence-electron chi connectivity index (χ4n) is 1.44. The minimum Gasteiger partial charge on any atom is -0.748 e. The van der Waals surface area contributed by atoms with Gasteiger partial charge in [0.05, 0.1) is 23.3 Å². The summed E-state index contributed by atoms with van der Waals surface area (Å²) in [6.07, 6.45) is 1.23. The van der Waals surface area contributed by atoms with Crippen molar-refractivity contribution in [1.29, 1.82) is 0 Å². The zero-order chi connectivity index (χ0) is 10.4. The van der Waals surface area contributed by atoms with Gasteiger partial charge in [-0.2, -0.15) is 0 Å². The highest BCUT2D eigenvalue weighted by Crippen LogP contribution is 2.01. The molecular formula is C8H16NO4S-. The average Bonchev–Trinajstić information content (AvgIpc) is 2.13. The Balaban J connectivity index is 2.03. The van der Waals surface area contributed by atoms with Gasteiger partial charge in [0.15, 0.2) is 0 Å². The molecule has 1 heterocycles. The Morgan fingerprint density at radius 1 is 1.21 bits per heavy atom. The molecule has 0 radical (unpaired) electrons. The molecule has 0 unspecified atom stereocenters. The van der Waals surface area contributed by atoms with Gasteiger partial charge in [-0.15, -0.1) is 0 Å². The first-order valence-electron chi connectivity index (χ1n) is 4.81. The third-order valence-corrected chi connectivity index (χ3v) is 3.01. The van der Waals surface area contributed by atoms with E-state index in [0.29, 0.717) is 6.42 Å². The molecule has 84 valence electrons. The molecule has 0 atom stereocenters. The third-order valence-electron chi connectivity index (χ3n) is 2.22. The second kappa shape index (κ2) is 5.65. The van der Waals surface area contributed by atoms with Crippen LogP contribution < -0.4 is 0 Å². The van der Waals surface area contributed by atoms with Crippen molar-refractivity contribution in [2.24, 2.45) is 0 Å². The number of ether oxygens (including phenoxy) is 1. The first-order valence-corrected chi connectivity index (χ1v) is 6.39. The van der Waals surface area contributed by atoms with Crippen molar-refractivity contribution in [3.8, 4) is 0 Å². The number of rotatable bonds is 5. The van der Waals surface area contributed by atoms with Gasteiger partial charge in [0.1, 0.15) is 0 Å². The van der Waals surface area contributed by atoms with Gasteiger partial charge in [-0.05, 0) is 19.4 Å². The van der Waals surface area contributed by atoms with Gasteiger partial charge < -0.3 is 9.29 Å². The number of hydrogen-bond donors (Lipinski definition) is 0. The summed E-state index contributed by atoms with van der Waals surface area (Å²) in [4.78, 5) is 2.22. The monoisotopic (exact) mass is 222 g/mol. The molecule has 0 bridgehead atoms. The van der Waals surface area contributed by atoms with Crippen molar-refractivity contribution in [3.63, 3.8) is 0 Å². The molecule has 14 heavy (non-hydrogen) atoms. The van der Waals surface area contributed by atoms with E-state index in [1.54, 1.807) is 0 Å². The highest BCUT2D eigenvalue weighted by Gasteiger charge is 2.09. The zero-order valence-corrected chi connectivity index (χ0v) is 8.96. The molecule has 0 aromatic carbocycles. The predicted octanol–water partition coefficient (Wildman–Crippen LogP) is -0.356. The Morgan fingerprint density at radius 3 is 2.43 bits per heavy atom. The van der Waals surface area contributed by atoms with Crippen LogP contribution in [0.15, 0.2) is 0 Å². The van der Waals surface area contributed by atoms with Crippen LogP contribution >= 0.6 is 0 Å². The van der Waals surface area contributed by atoms with Crippen LogP contribution in [0.1, 0.15) is 12.8 Å². The quantitative estimate of drug-likeness (QED) is 0.469. The molecule has 0 aromatic rings. The van der Waals surface area contributed by atoms with Crippen molar-refractivity contribution in [1.82, 2.24) is 4.90 Å². The normalized spacial score (nSPS) is 19.8. The van der Waals surface area contributed by atoms with E-state index in [0.717, 1.165) is 39.3 Å². The Kier molecular flexibility index (Phi) is 4.80. The largest absolute Gasteiger partial charge is 0.748 e. The second-order valence-corrected chi connectivity index (χ2v) is 4.95. The van der Waals surface area contributed by atoms with Crippen LogP contribution in [-0.4, -0.2) is 56.5 Å². The minimum absolute atomic E-state index is 0.239. The number of unbranched alkanes of at least 4 members (excludes halogenated alkanes) is 1. The highest BCUT2D eigenvalue weighted by atomic mass is 32.2. The summed E-state index contributed by atoms with van der Waals surface area (Å²) < 4.78 is 36.1. The lowest BCUT2D eigenvalue weighted by Gasteiger charge is -2.26. The predicted molar refractivity (Wildman–Crippen MR) is 51.1 cm³/mol. The summed E-state index contributed by atoms with van der Waals surface area (Å²) in [6, 6.07) is 0. The summed E-state index contributed by atoms with van der Waals surface area (Å²) in [5.74, 6) is -0.239. The van der Waals surface area contributed by atoms with Gasteiger partial charge in [0, 0.05) is 18.8 Å². The van der Waals surface area contributed by atoms with Crippen LogP contribution in [0.3, 0.4) is 0 Å². The van der Waals surface area contributed by atoms with Gasteiger partial charge in [0.2, 0.25) is 0 Å². The molecule has 0 amide bonds. The number of hydrogen-bond acceptors (Lipinski definition) is 5. The van der Waals surface area contributed by atoms with Crippen molar-refractivity contribution in [3.05, 3.63) is 0 Å². The Morgan fingerprint density at radius 2 is 1.86 bits per heavy atom. The van der Waals surface area contributed by atoms with E-state index in [-0.39, 0.29) is 5.75 Å². The van der Waals surface area contributed by atoms with Crippen molar-refractivity contribution in [2.75, 3.05) is 38.6 Å². The maximum Gasteiger partial charge on any atom is 0.0945 e. The van der Waals surface area contributed by atoms with Gasteiger partial charge in [0.25, 0.3) is 0 Å². The molecule has 1 aliphatic heterocycles. The van der Waals surface area contributed by atoms with Crippen LogP contribution in [0.4, 0.5) is 0 Å². The molecule has 1 saturated heterocycles. The molecule has 0 saturated carbocycles. The fourth-order valence-corrected chi connectivity index (χ4v) is 2.00. The standard InChI is InChI=1S/C8H17NO4S/c10-14(11,12)8-2-1-3-9-4-6-13-7-5-9/h1-8H2,(H,10,11,12)/p-1. The Labute approximate surface area is 84.8 Å². The van der Waals surface area contributed by atoms with E-state index in [4.69, 9.17) is 4.74 Å². The van der Waals surface area contributed by atoms with Gasteiger partial charge in [-0.1, -0.05) is 0 Å². The van der Waals surface area contributed by atoms with Crippen molar-refractivity contribution >= 4 is 10.1 Å². The summed E-state index contributed by atoms with van der Waals surface area (Å²) in [5, 5.41) is 0. The summed E-state index contributed by atoms with van der Waals surface area (Å²) >= 11 is 0. The molecule has 6 heteroatoms. The molecule has 0 aromatic heterocycles. The van der Waals surface area contributed by atoms with E-state index in [1.165, 1.54) is 0 Å². The van der Waals surface area contributed by atoms with E-state index in [1.807, 2.05) is 0 Å². The minimum atomic E-state index is -4.02. The number of morpholine rings is 1. The van der Waals surface area contributed by atoms with Crippen LogP contribution in [0.25, 0.3) is 0 Å². The smallest absolute Gasteiger partial charge is 0.0945 e. The molecule has 0 spiro atoms. The van der Waals surface area contributed by atoms with E-state index in [9.17, 15) is 13.0 Å².